The first-order valence-electron chi connectivity index (χ1n) is 4.27. The minimum absolute atomic E-state index is 0. The summed E-state index contributed by atoms with van der Waals surface area (Å²) in [7, 11) is 0. The fourth-order valence-electron chi connectivity index (χ4n) is 1.44. The Morgan fingerprint density at radius 2 is 1.71 bits per heavy atom. The largest absolute Gasteiger partial charge is 0.447 e. The van der Waals surface area contributed by atoms with E-state index in [-0.39, 0.29) is 25.1 Å². The Kier molecular flexibility index (Phi) is 3.82. The van der Waals surface area contributed by atoms with E-state index in [0.29, 0.717) is 0 Å². The zero-order valence-electron chi connectivity index (χ0n) is 8.10. The number of ether oxygens (including phenoxy) is 1. The molecule has 1 amide bonds. The predicted octanol–water partition coefficient (Wildman–Crippen LogP) is 2.45. The lowest BCUT2D eigenvalue weighted by Gasteiger charge is -2.11. The summed E-state index contributed by atoms with van der Waals surface area (Å²) in [5.74, 6) is -6.10. The summed E-state index contributed by atoms with van der Waals surface area (Å²) in [5, 5.41) is 2.03. The highest BCUT2D eigenvalue weighted by Gasteiger charge is 2.32. The maximum atomic E-state index is 13.2. The zero-order valence-corrected chi connectivity index (χ0v) is 8.91. The van der Waals surface area contributed by atoms with E-state index in [4.69, 9.17) is 0 Å². The molecule has 1 N–H and O–H groups in total. The number of hydrogen-bond acceptors (Lipinski definition) is 2. The van der Waals surface area contributed by atoms with Crippen molar-refractivity contribution in [2.45, 2.75) is 6.04 Å². The van der Waals surface area contributed by atoms with Gasteiger partial charge in [0.2, 0.25) is 0 Å². The number of rotatable bonds is 1. The fourth-order valence-corrected chi connectivity index (χ4v) is 1.44. The van der Waals surface area contributed by atoms with Crippen LogP contribution in [0.1, 0.15) is 11.6 Å². The highest BCUT2D eigenvalue weighted by molar-refractivity contribution is 5.85. The SMILES string of the molecule is Cl.O=C1N[C@@H](c2c(F)c(F)cc(F)c2F)CO1. The number of carbonyl (C=O) groups excluding carboxylic acids is 1. The van der Waals surface area contributed by atoms with Crippen LogP contribution in [0.3, 0.4) is 0 Å². The first kappa shape index (κ1) is 13.6. The van der Waals surface area contributed by atoms with Crippen molar-refractivity contribution in [1.82, 2.24) is 5.32 Å². The second-order valence-electron chi connectivity index (χ2n) is 3.18. The second-order valence-corrected chi connectivity index (χ2v) is 3.18. The standard InChI is InChI=1S/C9H5F4NO2.ClH/c10-3-1-4(11)8(13)6(7(3)12)5-2-16-9(15)14-5;/h1,5H,2H2,(H,14,15);1H/t5-;/m1./s1. The van der Waals surface area contributed by atoms with Crippen LogP contribution >= 0.6 is 12.4 Å². The summed E-state index contributed by atoms with van der Waals surface area (Å²) >= 11 is 0. The van der Waals surface area contributed by atoms with E-state index >= 15 is 0 Å². The quantitative estimate of drug-likeness (QED) is 0.629. The monoisotopic (exact) mass is 271 g/mol. The average Bonchev–Trinajstić information content (AvgIpc) is 2.62. The summed E-state index contributed by atoms with van der Waals surface area (Å²) in [4.78, 5) is 10.7. The van der Waals surface area contributed by atoms with Gasteiger partial charge in [0.05, 0.1) is 11.6 Å². The van der Waals surface area contributed by atoms with E-state index in [1.807, 2.05) is 5.32 Å². The summed E-state index contributed by atoms with van der Waals surface area (Å²) in [5.41, 5.74) is -0.872. The van der Waals surface area contributed by atoms with Gasteiger partial charge >= 0.3 is 6.09 Å². The number of hydrogen-bond donors (Lipinski definition) is 1. The molecule has 0 radical (unpaired) electrons. The molecule has 0 saturated carbocycles. The number of alkyl carbamates (subject to hydrolysis) is 1. The van der Waals surface area contributed by atoms with Crippen LogP contribution in [0.4, 0.5) is 22.4 Å². The summed E-state index contributed by atoms with van der Waals surface area (Å²) < 4.78 is 56.5. The number of nitrogens with one attached hydrogen (secondary N) is 1. The van der Waals surface area contributed by atoms with Crippen LogP contribution in [0.25, 0.3) is 0 Å². The summed E-state index contributed by atoms with van der Waals surface area (Å²) in [6.07, 6.45) is -0.895. The van der Waals surface area contributed by atoms with Gasteiger partial charge in [-0.15, -0.1) is 12.4 Å². The van der Waals surface area contributed by atoms with Gasteiger partial charge in [0.15, 0.2) is 23.3 Å². The molecule has 8 heteroatoms. The normalized spacial score (nSPS) is 18.4. The minimum Gasteiger partial charge on any atom is -0.447 e. The Hall–Kier alpha value is -1.50. The minimum atomic E-state index is -1.53. The van der Waals surface area contributed by atoms with Crippen molar-refractivity contribution in [2.75, 3.05) is 6.61 Å². The molecule has 0 aromatic heterocycles. The number of benzene rings is 1. The highest BCUT2D eigenvalue weighted by atomic mass is 35.5. The van der Waals surface area contributed by atoms with Crippen LogP contribution in [0, 0.1) is 23.3 Å². The molecule has 1 aliphatic heterocycles. The maximum Gasteiger partial charge on any atom is 0.407 e. The molecule has 0 aliphatic carbocycles. The third kappa shape index (κ3) is 2.28. The van der Waals surface area contributed by atoms with Gasteiger partial charge in [-0.2, -0.15) is 0 Å². The molecule has 1 aliphatic rings. The Balaban J connectivity index is 0.00000144. The molecule has 0 unspecified atom stereocenters. The molecule has 1 atom stereocenters. The average molecular weight is 272 g/mol. The van der Waals surface area contributed by atoms with Crippen LogP contribution in [-0.2, 0) is 4.74 Å². The Bertz CT molecular complexity index is 443. The van der Waals surface area contributed by atoms with E-state index in [2.05, 4.69) is 4.74 Å². The van der Waals surface area contributed by atoms with Gasteiger partial charge in [0.25, 0.3) is 0 Å². The number of cyclic esters (lactones) is 1. The molecule has 0 spiro atoms. The molecule has 94 valence electrons. The maximum absolute atomic E-state index is 13.2. The van der Waals surface area contributed by atoms with Gasteiger partial charge in [0.1, 0.15) is 6.61 Å². The van der Waals surface area contributed by atoms with E-state index < -0.39 is 41.0 Å². The van der Waals surface area contributed by atoms with Gasteiger partial charge in [-0.3, -0.25) is 0 Å². The third-order valence-corrected chi connectivity index (χ3v) is 2.17. The summed E-state index contributed by atoms with van der Waals surface area (Å²) in [6.45, 7) is -0.379. The van der Waals surface area contributed by atoms with Crippen LogP contribution in [0.15, 0.2) is 6.07 Å². The summed E-state index contributed by atoms with van der Waals surface area (Å²) in [6, 6.07) is -1.12. The first-order valence-corrected chi connectivity index (χ1v) is 4.27. The molecule has 17 heavy (non-hydrogen) atoms. The zero-order chi connectivity index (χ0) is 11.9. The van der Waals surface area contributed by atoms with Crippen LogP contribution in [-0.4, -0.2) is 12.7 Å². The molecule has 1 heterocycles. The van der Waals surface area contributed by atoms with Gasteiger partial charge in [-0.05, 0) is 0 Å². The van der Waals surface area contributed by atoms with Crippen LogP contribution < -0.4 is 5.32 Å². The van der Waals surface area contributed by atoms with Gasteiger partial charge in [-0.1, -0.05) is 0 Å². The lowest BCUT2D eigenvalue weighted by atomic mass is 10.1. The smallest absolute Gasteiger partial charge is 0.407 e. The predicted molar refractivity (Wildman–Crippen MR) is 50.7 cm³/mol. The molecule has 1 aromatic rings. The third-order valence-electron chi connectivity index (χ3n) is 2.17. The van der Waals surface area contributed by atoms with E-state index in [9.17, 15) is 22.4 Å². The lowest BCUT2D eigenvalue weighted by Crippen LogP contribution is -2.21. The van der Waals surface area contributed by atoms with E-state index in [0.717, 1.165) is 0 Å². The molecule has 1 saturated heterocycles. The number of amides is 1. The van der Waals surface area contributed by atoms with Crippen molar-refractivity contribution < 1.29 is 27.1 Å². The molecule has 3 nitrogen and oxygen atoms in total. The van der Waals surface area contributed by atoms with Crippen molar-refractivity contribution in [3.8, 4) is 0 Å². The molecule has 0 bridgehead atoms. The Labute approximate surface area is 99.2 Å². The fraction of sp³-hybridized carbons (Fsp3) is 0.222. The van der Waals surface area contributed by atoms with Gasteiger partial charge in [-0.25, -0.2) is 22.4 Å². The first-order chi connectivity index (χ1) is 7.50. The van der Waals surface area contributed by atoms with Crippen molar-refractivity contribution in [2.24, 2.45) is 0 Å². The highest BCUT2D eigenvalue weighted by Crippen LogP contribution is 2.27. The van der Waals surface area contributed by atoms with Crippen LogP contribution in [0.5, 0.6) is 0 Å². The van der Waals surface area contributed by atoms with Crippen molar-refractivity contribution in [1.29, 1.82) is 0 Å². The van der Waals surface area contributed by atoms with Crippen molar-refractivity contribution in [3.63, 3.8) is 0 Å². The topological polar surface area (TPSA) is 38.3 Å². The van der Waals surface area contributed by atoms with Crippen molar-refractivity contribution >= 4 is 18.5 Å². The number of halogens is 5. The molecule has 1 fully saturated rings. The van der Waals surface area contributed by atoms with E-state index in [1.54, 1.807) is 0 Å². The Morgan fingerprint density at radius 1 is 1.18 bits per heavy atom. The second kappa shape index (κ2) is 4.79. The molecular weight excluding hydrogens is 266 g/mol. The molecular formula is C9H6ClF4NO2. The van der Waals surface area contributed by atoms with Gasteiger partial charge in [0, 0.05) is 6.07 Å². The number of carbonyl (C=O) groups is 1. The van der Waals surface area contributed by atoms with Crippen LogP contribution in [0.2, 0.25) is 0 Å². The Morgan fingerprint density at radius 3 is 2.12 bits per heavy atom. The lowest BCUT2D eigenvalue weighted by molar-refractivity contribution is 0.176. The van der Waals surface area contributed by atoms with E-state index in [1.165, 1.54) is 0 Å². The van der Waals surface area contributed by atoms with Crippen molar-refractivity contribution in [3.05, 3.63) is 34.9 Å². The van der Waals surface area contributed by atoms with Gasteiger partial charge < -0.3 is 10.1 Å². The molecule has 2 rings (SSSR count). The molecule has 1 aromatic carbocycles.